The third-order valence-corrected chi connectivity index (χ3v) is 8.76. The first-order valence-corrected chi connectivity index (χ1v) is 14.5. The minimum absolute atomic E-state index is 0.0510. The van der Waals surface area contributed by atoms with Crippen LogP contribution >= 0.6 is 0 Å². The zero-order valence-corrected chi connectivity index (χ0v) is 25.7. The Morgan fingerprint density at radius 3 is 2.40 bits per heavy atom. The summed E-state index contributed by atoms with van der Waals surface area (Å²) in [6.45, 7) is 8.06. The van der Waals surface area contributed by atoms with Crippen molar-refractivity contribution in [2.24, 2.45) is 11.3 Å². The van der Waals surface area contributed by atoms with Crippen LogP contribution in [0.2, 0.25) is 0 Å². The van der Waals surface area contributed by atoms with Gasteiger partial charge in [-0.1, -0.05) is 32.9 Å². The summed E-state index contributed by atoms with van der Waals surface area (Å²) in [4.78, 5) is 42.0. The number of nitrogens with zero attached hydrogens (tertiary/aromatic N) is 1. The summed E-state index contributed by atoms with van der Waals surface area (Å²) >= 11 is 0. The normalized spacial score (nSPS) is 27.1. The first-order chi connectivity index (χ1) is 20.4. The van der Waals surface area contributed by atoms with Crippen LogP contribution in [0.25, 0.3) is 0 Å². The number of fused-ring (bicyclic) bond motifs is 2. The molecular weight excluding hydrogens is 556 g/mol. The van der Waals surface area contributed by atoms with Gasteiger partial charge in [0, 0.05) is 36.6 Å². The summed E-state index contributed by atoms with van der Waals surface area (Å²) in [6.07, 6.45) is -0.807. The molecule has 4 atom stereocenters. The number of para-hydroxylation sites is 1. The number of Topliss-reactive ketones (excluding diaryl/α,β-unsaturated/α-hetero) is 1. The topological polar surface area (TPSA) is 130 Å². The molecule has 2 aromatic rings. The Morgan fingerprint density at radius 1 is 1.09 bits per heavy atom. The highest BCUT2D eigenvalue weighted by Crippen LogP contribution is 2.54. The predicted octanol–water partition coefficient (Wildman–Crippen LogP) is 3.50. The van der Waals surface area contributed by atoms with E-state index >= 15 is 0 Å². The van der Waals surface area contributed by atoms with Crippen LogP contribution < -0.4 is 28.7 Å². The summed E-state index contributed by atoms with van der Waals surface area (Å²) < 4.78 is 29.2. The zero-order chi connectivity index (χ0) is 31.2. The number of ether oxygens (including phenoxy) is 5. The standard InChI is InChI=1S/C32H40N2O9/c1-19(35)22-16-33-11-10-32(22,30(37)38)34(18-31(2,3)4)23-15-26-25(41-12-13-42-26)14-21(23)28(43-17-27(34)36)20-8-7-9-24(39-5)29(20)40-6/h7-9,14-15,22,28,33H,10-13,16-18H2,1-6H3/p+1/t22-,28?,32+,34+/m1/s1. The second-order valence-electron chi connectivity index (χ2n) is 12.6. The van der Waals surface area contributed by atoms with Crippen molar-refractivity contribution >= 4 is 23.3 Å². The average molecular weight is 598 g/mol. The smallest absolute Gasteiger partial charge is 0.367 e. The number of ketones is 1. The van der Waals surface area contributed by atoms with Gasteiger partial charge < -0.3 is 34.1 Å². The molecule has 3 aliphatic heterocycles. The first kappa shape index (κ1) is 30.8. The van der Waals surface area contributed by atoms with Gasteiger partial charge in [0.05, 0.1) is 32.2 Å². The van der Waals surface area contributed by atoms with E-state index in [0.717, 1.165) is 0 Å². The Hall–Kier alpha value is -3.67. The van der Waals surface area contributed by atoms with E-state index in [-0.39, 0.29) is 25.3 Å². The van der Waals surface area contributed by atoms with Gasteiger partial charge in [0.25, 0.3) is 0 Å². The van der Waals surface area contributed by atoms with Crippen LogP contribution in [-0.2, 0) is 19.1 Å². The second-order valence-corrected chi connectivity index (χ2v) is 12.6. The SMILES string of the molecule is COc1cccc(C2OCC(=O)[N@@+](CC(C)(C)C)([C@@]3(C(=O)O)CCNC[C@@H]3C(C)=O)c3cc4c(cc32)OCCO4)c1OC. The summed E-state index contributed by atoms with van der Waals surface area (Å²) in [5.41, 5.74) is -0.834. The van der Waals surface area contributed by atoms with Crippen molar-refractivity contribution < 1.29 is 43.2 Å². The van der Waals surface area contributed by atoms with Crippen molar-refractivity contribution in [3.8, 4) is 23.0 Å². The fourth-order valence-electron chi connectivity index (χ4n) is 7.19. The van der Waals surface area contributed by atoms with E-state index in [0.29, 0.717) is 59.6 Å². The average Bonchev–Trinajstić information content (AvgIpc) is 3.09. The Balaban J connectivity index is 1.93. The van der Waals surface area contributed by atoms with Gasteiger partial charge in [0.2, 0.25) is 5.54 Å². The fourth-order valence-corrected chi connectivity index (χ4v) is 7.19. The molecule has 1 fully saturated rings. The Bertz CT molecular complexity index is 1430. The number of nitrogens with one attached hydrogen (secondary N) is 1. The van der Waals surface area contributed by atoms with E-state index in [1.165, 1.54) is 21.1 Å². The quantitative estimate of drug-likeness (QED) is 0.458. The van der Waals surface area contributed by atoms with Crippen LogP contribution in [0.15, 0.2) is 30.3 Å². The van der Waals surface area contributed by atoms with Gasteiger partial charge in [-0.2, -0.15) is 0 Å². The molecule has 1 saturated heterocycles. The molecule has 0 aliphatic carbocycles. The molecule has 0 bridgehead atoms. The molecule has 2 aromatic carbocycles. The molecule has 11 nitrogen and oxygen atoms in total. The van der Waals surface area contributed by atoms with Gasteiger partial charge in [-0.3, -0.25) is 4.79 Å². The van der Waals surface area contributed by atoms with E-state index in [1.807, 2.05) is 26.8 Å². The highest BCUT2D eigenvalue weighted by molar-refractivity contribution is 6.02. The number of hydrogen-bond acceptors (Lipinski definition) is 9. The van der Waals surface area contributed by atoms with E-state index in [2.05, 4.69) is 5.32 Å². The van der Waals surface area contributed by atoms with E-state index in [9.17, 15) is 19.5 Å². The zero-order valence-electron chi connectivity index (χ0n) is 25.7. The number of methoxy groups -OCH3 is 2. The van der Waals surface area contributed by atoms with Crippen molar-refractivity contribution in [2.45, 2.75) is 45.8 Å². The van der Waals surface area contributed by atoms with Crippen LogP contribution in [0, 0.1) is 11.3 Å². The summed E-state index contributed by atoms with van der Waals surface area (Å²) in [6, 6.07) is 8.91. The highest BCUT2D eigenvalue weighted by Gasteiger charge is 2.70. The Morgan fingerprint density at radius 2 is 1.79 bits per heavy atom. The van der Waals surface area contributed by atoms with Crippen LogP contribution in [0.3, 0.4) is 0 Å². The number of quaternary nitrogens is 1. The van der Waals surface area contributed by atoms with Crippen LogP contribution in [0.4, 0.5) is 5.69 Å². The predicted molar refractivity (Wildman–Crippen MR) is 158 cm³/mol. The highest BCUT2D eigenvalue weighted by atomic mass is 16.6. The Kier molecular flexibility index (Phi) is 8.19. The molecule has 3 aliphatic rings. The Labute approximate surface area is 251 Å². The van der Waals surface area contributed by atoms with E-state index < -0.39 is 45.9 Å². The minimum Gasteiger partial charge on any atom is -0.493 e. The van der Waals surface area contributed by atoms with Crippen molar-refractivity contribution in [3.63, 3.8) is 0 Å². The van der Waals surface area contributed by atoms with Crippen molar-refractivity contribution in [3.05, 3.63) is 41.5 Å². The number of amides is 1. The number of carbonyl (C=O) groups excluding carboxylic acids is 2. The summed E-state index contributed by atoms with van der Waals surface area (Å²) in [5, 5.41) is 14.4. The lowest BCUT2D eigenvalue weighted by molar-refractivity contribution is -0.170. The number of carboxylic acids is 1. The van der Waals surface area contributed by atoms with Crippen LogP contribution in [-0.4, -0.2) is 82.0 Å². The molecule has 43 heavy (non-hydrogen) atoms. The molecule has 1 unspecified atom stereocenters. The van der Waals surface area contributed by atoms with Gasteiger partial charge >= 0.3 is 11.9 Å². The molecule has 0 spiro atoms. The third-order valence-electron chi connectivity index (χ3n) is 8.76. The molecule has 1 amide bonds. The number of piperidine rings is 1. The number of aliphatic carboxylic acids is 1. The fraction of sp³-hybridized carbons (Fsp3) is 0.531. The summed E-state index contributed by atoms with van der Waals surface area (Å²) in [7, 11) is 3.06. The number of rotatable bonds is 7. The maximum Gasteiger partial charge on any atom is 0.367 e. The number of carboxylic acid groups (broad SMARTS) is 1. The molecule has 0 aromatic heterocycles. The maximum absolute atomic E-state index is 14.9. The lowest BCUT2D eigenvalue weighted by atomic mass is 9.70. The molecule has 5 rings (SSSR count). The van der Waals surface area contributed by atoms with Gasteiger partial charge in [-0.05, 0) is 19.1 Å². The number of benzene rings is 2. The molecule has 0 radical (unpaired) electrons. The van der Waals surface area contributed by atoms with Gasteiger partial charge in [-0.25, -0.2) is 14.1 Å². The van der Waals surface area contributed by atoms with Gasteiger partial charge in [0.15, 0.2) is 35.3 Å². The van der Waals surface area contributed by atoms with Gasteiger partial charge in [-0.15, -0.1) is 0 Å². The van der Waals surface area contributed by atoms with Crippen molar-refractivity contribution in [1.29, 1.82) is 0 Å². The largest absolute Gasteiger partial charge is 0.493 e. The number of carbonyl (C=O) groups is 3. The van der Waals surface area contributed by atoms with Gasteiger partial charge in [0.1, 0.15) is 25.1 Å². The molecule has 2 N–H and O–H groups in total. The molecule has 3 heterocycles. The minimum atomic E-state index is -1.82. The molecule has 0 saturated carbocycles. The van der Waals surface area contributed by atoms with Crippen molar-refractivity contribution in [1.82, 2.24) is 9.80 Å². The first-order valence-electron chi connectivity index (χ1n) is 14.5. The number of hydrogen-bond donors (Lipinski definition) is 2. The maximum atomic E-state index is 14.9. The molecule has 11 heteroatoms. The summed E-state index contributed by atoms with van der Waals surface area (Å²) in [5.74, 6) is -1.18. The van der Waals surface area contributed by atoms with Crippen LogP contribution in [0.1, 0.15) is 51.3 Å². The lowest BCUT2D eigenvalue weighted by Gasteiger charge is -2.54. The third kappa shape index (κ3) is 4.93. The van der Waals surface area contributed by atoms with Crippen molar-refractivity contribution in [2.75, 3.05) is 53.7 Å². The van der Waals surface area contributed by atoms with E-state index in [4.69, 9.17) is 23.7 Å². The molecule has 232 valence electrons. The van der Waals surface area contributed by atoms with Crippen LogP contribution in [0.5, 0.6) is 23.0 Å². The monoisotopic (exact) mass is 597 g/mol. The second kappa shape index (κ2) is 11.4. The lowest BCUT2D eigenvalue weighted by Crippen LogP contribution is -2.80. The molecular formula is C32H41N2O9+. The van der Waals surface area contributed by atoms with E-state index in [1.54, 1.807) is 24.3 Å².